The van der Waals surface area contributed by atoms with E-state index in [1.54, 1.807) is 0 Å². The first-order valence-electron chi connectivity index (χ1n) is 6.66. The Morgan fingerprint density at radius 1 is 1.42 bits per heavy atom. The van der Waals surface area contributed by atoms with Crippen molar-refractivity contribution in [3.63, 3.8) is 0 Å². The predicted molar refractivity (Wildman–Crippen MR) is 81.9 cm³/mol. The predicted octanol–water partition coefficient (Wildman–Crippen LogP) is -1.57. The van der Waals surface area contributed by atoms with Crippen molar-refractivity contribution in [1.82, 2.24) is 25.1 Å². The number of nitrogens with zero attached hydrogens (tertiary/aromatic N) is 5. The number of tetrazole rings is 1. The van der Waals surface area contributed by atoms with Gasteiger partial charge in [-0.1, -0.05) is 11.8 Å². The fraction of sp³-hybridized carbons (Fsp3) is 0.455. The fourth-order valence-corrected chi connectivity index (χ4v) is 4.56. The van der Waals surface area contributed by atoms with E-state index < -0.39 is 29.8 Å². The highest BCUT2D eigenvalue weighted by Gasteiger charge is 2.50. The summed E-state index contributed by atoms with van der Waals surface area (Å²) in [5, 5.41) is 27.9. The Morgan fingerprint density at radius 2 is 2.17 bits per heavy atom. The highest BCUT2D eigenvalue weighted by molar-refractivity contribution is 8.02. The van der Waals surface area contributed by atoms with E-state index in [1.165, 1.54) is 11.1 Å². The lowest BCUT2D eigenvalue weighted by Crippen LogP contribution is -2.67. The normalized spacial score (nSPS) is 25.7. The van der Waals surface area contributed by atoms with Gasteiger partial charge in [-0.2, -0.15) is 0 Å². The molecule has 3 rings (SSSR count). The smallest absolute Gasteiger partial charge is 0.325 e. The molecule has 2 aliphatic heterocycles. The zero-order valence-corrected chi connectivity index (χ0v) is 13.6. The van der Waals surface area contributed by atoms with E-state index in [0.29, 0.717) is 5.57 Å². The average Bonchev–Trinajstić information content (AvgIpc) is 2.97. The largest absolute Gasteiger partial charge is 0.480 e. The molecule has 0 aliphatic carbocycles. The van der Waals surface area contributed by atoms with Crippen molar-refractivity contribution < 1.29 is 24.6 Å². The van der Waals surface area contributed by atoms with Crippen LogP contribution in [0, 0.1) is 0 Å². The highest BCUT2D eigenvalue weighted by Crippen LogP contribution is 2.41. The molecule has 0 radical (unpaired) electrons. The monoisotopic (exact) mass is 372 g/mol. The first-order valence-corrected chi connectivity index (χ1v) is 8.58. The van der Waals surface area contributed by atoms with Crippen LogP contribution in [0.2, 0.25) is 0 Å². The molecule has 1 aromatic heterocycles. The number of carboxylic acids is 2. The lowest BCUT2D eigenvalue weighted by Gasteiger charge is -2.47. The summed E-state index contributed by atoms with van der Waals surface area (Å²) in [6.45, 7) is -0.396. The first-order chi connectivity index (χ1) is 11.4. The Hall–Kier alpha value is -2.12. The third kappa shape index (κ3) is 2.97. The van der Waals surface area contributed by atoms with Gasteiger partial charge in [0, 0.05) is 12.0 Å². The maximum Gasteiger partial charge on any atom is 0.325 e. The summed E-state index contributed by atoms with van der Waals surface area (Å²) in [7, 11) is 0. The van der Waals surface area contributed by atoms with Crippen LogP contribution >= 0.6 is 23.5 Å². The molecule has 11 nitrogen and oxygen atoms in total. The third-order valence-electron chi connectivity index (χ3n) is 3.41. The van der Waals surface area contributed by atoms with Crippen molar-refractivity contribution >= 4 is 41.4 Å². The molecule has 0 spiro atoms. The van der Waals surface area contributed by atoms with Crippen LogP contribution in [0.1, 0.15) is 0 Å². The second-order valence-electron chi connectivity index (χ2n) is 5.02. The molecule has 4 N–H and O–H groups in total. The maximum absolute atomic E-state index is 11.7. The first kappa shape index (κ1) is 16.7. The summed E-state index contributed by atoms with van der Waals surface area (Å²) in [4.78, 5) is 35.3. The molecule has 1 unspecified atom stereocenters. The number of carbonyl (C=O) groups is 3. The Bertz CT molecular complexity index is 736. The minimum absolute atomic E-state index is 0.204. The minimum atomic E-state index is -1.09. The van der Waals surface area contributed by atoms with Gasteiger partial charge in [-0.15, -0.1) is 16.9 Å². The third-order valence-corrected chi connectivity index (χ3v) is 6.02. The van der Waals surface area contributed by atoms with Crippen molar-refractivity contribution in [2.45, 2.75) is 28.4 Å². The highest BCUT2D eigenvalue weighted by atomic mass is 32.2. The lowest BCUT2D eigenvalue weighted by molar-refractivity contribution is -0.141. The number of rotatable bonds is 6. The van der Waals surface area contributed by atoms with Crippen molar-refractivity contribution in [3.8, 4) is 0 Å². The number of β-lactam (4-membered cyclic amide) rings is 1. The molecule has 1 fully saturated rings. The van der Waals surface area contributed by atoms with Gasteiger partial charge in [0.1, 0.15) is 23.2 Å². The van der Waals surface area contributed by atoms with Gasteiger partial charge in [0.05, 0.1) is 0 Å². The molecular weight excluding hydrogens is 360 g/mol. The quantitative estimate of drug-likeness (QED) is 0.390. The van der Waals surface area contributed by atoms with Crippen molar-refractivity contribution in [2.75, 3.05) is 5.75 Å². The van der Waals surface area contributed by atoms with Crippen LogP contribution < -0.4 is 5.73 Å². The molecule has 24 heavy (non-hydrogen) atoms. The van der Waals surface area contributed by atoms with Gasteiger partial charge in [-0.3, -0.25) is 14.4 Å². The van der Waals surface area contributed by atoms with Crippen LogP contribution in [-0.2, 0) is 20.9 Å². The van der Waals surface area contributed by atoms with Crippen LogP contribution in [0.3, 0.4) is 0 Å². The van der Waals surface area contributed by atoms with Crippen LogP contribution in [-0.4, -0.2) is 75.6 Å². The van der Waals surface area contributed by atoms with E-state index in [1.807, 2.05) is 0 Å². The Kier molecular flexibility index (Phi) is 4.47. The number of hydrogen-bond acceptors (Lipinski definition) is 9. The summed E-state index contributed by atoms with van der Waals surface area (Å²) < 4.78 is 1.10. The number of aliphatic carboxylic acids is 2. The second kappa shape index (κ2) is 6.41. The summed E-state index contributed by atoms with van der Waals surface area (Å²) in [6, 6.07) is -0.690. The van der Waals surface area contributed by atoms with E-state index in [2.05, 4.69) is 15.5 Å². The summed E-state index contributed by atoms with van der Waals surface area (Å²) >= 11 is 2.21. The minimum Gasteiger partial charge on any atom is -0.480 e. The van der Waals surface area contributed by atoms with Crippen LogP contribution in [0.4, 0.5) is 0 Å². The fourth-order valence-electron chi connectivity index (χ4n) is 2.28. The molecule has 1 saturated heterocycles. The average molecular weight is 372 g/mol. The maximum atomic E-state index is 11.7. The molecule has 2 aliphatic rings. The molecule has 0 bridgehead atoms. The van der Waals surface area contributed by atoms with Crippen molar-refractivity contribution in [2.24, 2.45) is 5.73 Å². The Labute approximate surface area is 143 Å². The summed E-state index contributed by atoms with van der Waals surface area (Å²) in [5.74, 6) is -2.17. The number of amides is 1. The topological polar surface area (TPSA) is 165 Å². The number of nitrogens with two attached hydrogens (primary N) is 1. The lowest BCUT2D eigenvalue weighted by atomic mass is 10.1. The molecule has 1 aromatic rings. The van der Waals surface area contributed by atoms with Crippen LogP contribution in [0.25, 0.3) is 0 Å². The van der Waals surface area contributed by atoms with Crippen LogP contribution in [0.5, 0.6) is 0 Å². The van der Waals surface area contributed by atoms with Crippen molar-refractivity contribution in [3.05, 3.63) is 11.8 Å². The molecular formula is C11H12N6O5S2. The van der Waals surface area contributed by atoms with E-state index in [0.717, 1.165) is 28.2 Å². The van der Waals surface area contributed by atoms with Gasteiger partial charge in [0.25, 0.3) is 0 Å². The van der Waals surface area contributed by atoms with Gasteiger partial charge in [-0.05, 0) is 16.0 Å². The number of fused-ring (bicyclic) bond motifs is 1. The van der Waals surface area contributed by atoms with Crippen molar-refractivity contribution in [1.29, 1.82) is 0 Å². The molecule has 1 amide bonds. The number of thioether (sulfide) groups is 2. The molecule has 13 heteroatoms. The van der Waals surface area contributed by atoms with Gasteiger partial charge in [0.15, 0.2) is 0 Å². The standard InChI is InChI=1S/C11H12N6O5S2/c12-6-8(20)16-1-4(7(10(21)22)24-9(6)16)3-23-11-13-14-15-17(11)2-5(18)19/h1,6-7,9H,2-3,12H2,(H,18,19)(H,21,22)/t6-,7?,9-/m1/s1. The van der Waals surface area contributed by atoms with E-state index in [4.69, 9.17) is 10.8 Å². The van der Waals surface area contributed by atoms with Gasteiger partial charge in [-0.25, -0.2) is 4.68 Å². The number of hydrogen-bond donors (Lipinski definition) is 3. The zero-order chi connectivity index (χ0) is 17.4. The number of carboxylic acid groups (broad SMARTS) is 2. The molecule has 3 heterocycles. The SMILES string of the molecule is N[C@@H]1C(=O)N2C=C(CSc3nnnn3CC(=O)O)C(C(=O)O)S[C@H]12. The molecule has 0 aromatic carbocycles. The van der Waals surface area contributed by atoms with Gasteiger partial charge >= 0.3 is 11.9 Å². The number of aromatic nitrogens is 4. The van der Waals surface area contributed by atoms with Gasteiger partial charge < -0.3 is 20.8 Å². The molecule has 128 valence electrons. The second-order valence-corrected chi connectivity index (χ2v) is 7.19. The van der Waals surface area contributed by atoms with E-state index in [9.17, 15) is 19.5 Å². The van der Waals surface area contributed by atoms with E-state index in [-0.39, 0.29) is 22.2 Å². The molecule has 0 saturated carbocycles. The molecule has 3 atom stereocenters. The zero-order valence-electron chi connectivity index (χ0n) is 12.0. The Balaban J connectivity index is 1.74. The van der Waals surface area contributed by atoms with Gasteiger partial charge in [0.2, 0.25) is 11.1 Å². The van der Waals surface area contributed by atoms with Crippen LogP contribution in [0.15, 0.2) is 16.9 Å². The Morgan fingerprint density at radius 3 is 2.83 bits per heavy atom. The number of carbonyl (C=O) groups excluding carboxylic acids is 1. The summed E-state index contributed by atoms with van der Waals surface area (Å²) in [5.41, 5.74) is 6.18. The van der Waals surface area contributed by atoms with E-state index >= 15 is 0 Å². The summed E-state index contributed by atoms with van der Waals surface area (Å²) in [6.07, 6.45) is 1.50.